The van der Waals surface area contributed by atoms with Crippen LogP contribution in [0.2, 0.25) is 0 Å². The van der Waals surface area contributed by atoms with Gasteiger partial charge in [0.05, 0.1) is 17.6 Å². The van der Waals surface area contributed by atoms with Crippen LogP contribution in [0.3, 0.4) is 0 Å². The van der Waals surface area contributed by atoms with Gasteiger partial charge in [0.2, 0.25) is 5.91 Å². The van der Waals surface area contributed by atoms with Crippen molar-refractivity contribution in [2.75, 3.05) is 0 Å². The zero-order chi connectivity index (χ0) is 21.6. The second-order valence-corrected chi connectivity index (χ2v) is 7.38. The molecule has 4 heteroatoms. The molecular formula is C27H25N3O. The first-order valence-corrected chi connectivity index (χ1v) is 10.4. The van der Waals surface area contributed by atoms with E-state index in [9.17, 15) is 4.79 Å². The number of benzene rings is 3. The number of hydrogen-bond acceptors (Lipinski definition) is 2. The highest BCUT2D eigenvalue weighted by atomic mass is 16.2. The molecule has 0 aliphatic heterocycles. The summed E-state index contributed by atoms with van der Waals surface area (Å²) < 4.78 is 2.26. The first-order valence-electron chi connectivity index (χ1n) is 10.4. The standard InChI is InChI=1S/C27H25N3O/c1-3-26(31)29-28-19-23-18-25(21-10-6-4-7-11-21)30(24-16-14-20(2)15-17-24)27(23)22-12-8-5-9-13-22/h4-19H,3H2,1-2H3,(H,29,31). The number of nitrogens with one attached hydrogen (secondary N) is 1. The number of hydrogen-bond donors (Lipinski definition) is 1. The molecule has 0 bridgehead atoms. The van der Waals surface area contributed by atoms with Gasteiger partial charge in [0.15, 0.2) is 0 Å². The number of hydrazone groups is 1. The third-order valence-corrected chi connectivity index (χ3v) is 5.15. The molecule has 1 heterocycles. The Morgan fingerprint density at radius 2 is 1.52 bits per heavy atom. The van der Waals surface area contributed by atoms with Crippen LogP contribution >= 0.6 is 0 Å². The molecule has 0 unspecified atom stereocenters. The van der Waals surface area contributed by atoms with Crippen molar-refractivity contribution in [3.05, 3.63) is 102 Å². The van der Waals surface area contributed by atoms with Crippen LogP contribution in [0.15, 0.2) is 96.1 Å². The lowest BCUT2D eigenvalue weighted by atomic mass is 10.1. The normalized spacial score (nSPS) is 11.0. The van der Waals surface area contributed by atoms with E-state index in [1.54, 1.807) is 6.21 Å². The largest absolute Gasteiger partial charge is 0.309 e. The van der Waals surface area contributed by atoms with Crippen molar-refractivity contribution in [2.24, 2.45) is 5.10 Å². The Morgan fingerprint density at radius 1 is 0.903 bits per heavy atom. The quantitative estimate of drug-likeness (QED) is 0.310. The molecule has 4 aromatic rings. The third kappa shape index (κ3) is 4.48. The highest BCUT2D eigenvalue weighted by Crippen LogP contribution is 2.35. The molecule has 0 fully saturated rings. The summed E-state index contributed by atoms with van der Waals surface area (Å²) in [6, 6.07) is 31.2. The molecule has 154 valence electrons. The van der Waals surface area contributed by atoms with E-state index in [0.29, 0.717) is 6.42 Å². The summed E-state index contributed by atoms with van der Waals surface area (Å²) >= 11 is 0. The van der Waals surface area contributed by atoms with Gasteiger partial charge in [-0.15, -0.1) is 0 Å². The van der Waals surface area contributed by atoms with Gasteiger partial charge in [-0.05, 0) is 36.2 Å². The van der Waals surface area contributed by atoms with Gasteiger partial charge in [0.25, 0.3) is 0 Å². The summed E-state index contributed by atoms with van der Waals surface area (Å²) in [5.74, 6) is -0.112. The Kier molecular flexibility index (Phi) is 6.08. The fourth-order valence-corrected chi connectivity index (χ4v) is 3.56. The number of nitrogens with zero attached hydrogens (tertiary/aromatic N) is 2. The number of carbonyl (C=O) groups is 1. The van der Waals surface area contributed by atoms with Crippen LogP contribution < -0.4 is 5.43 Å². The highest BCUT2D eigenvalue weighted by Gasteiger charge is 2.18. The molecule has 0 atom stereocenters. The molecular weight excluding hydrogens is 382 g/mol. The lowest BCUT2D eigenvalue weighted by Gasteiger charge is -2.15. The summed E-state index contributed by atoms with van der Waals surface area (Å²) in [5, 5.41) is 4.22. The fourth-order valence-electron chi connectivity index (χ4n) is 3.56. The SMILES string of the molecule is CCC(=O)NN=Cc1cc(-c2ccccc2)n(-c2ccc(C)cc2)c1-c1ccccc1. The second-order valence-electron chi connectivity index (χ2n) is 7.38. The number of carbonyl (C=O) groups excluding carboxylic acids is 1. The van der Waals surface area contributed by atoms with Crippen LogP contribution in [0.5, 0.6) is 0 Å². The smallest absolute Gasteiger partial charge is 0.239 e. The van der Waals surface area contributed by atoms with Gasteiger partial charge < -0.3 is 4.57 Å². The maximum absolute atomic E-state index is 11.7. The van der Waals surface area contributed by atoms with Crippen molar-refractivity contribution in [3.8, 4) is 28.2 Å². The lowest BCUT2D eigenvalue weighted by Crippen LogP contribution is -2.15. The molecule has 1 aromatic heterocycles. The van der Waals surface area contributed by atoms with E-state index in [4.69, 9.17) is 0 Å². The highest BCUT2D eigenvalue weighted by molar-refractivity contribution is 5.94. The van der Waals surface area contributed by atoms with E-state index in [1.165, 1.54) is 5.56 Å². The van der Waals surface area contributed by atoms with Crippen LogP contribution in [-0.2, 0) is 4.79 Å². The minimum Gasteiger partial charge on any atom is -0.309 e. The van der Waals surface area contributed by atoms with Gasteiger partial charge in [-0.3, -0.25) is 4.79 Å². The molecule has 0 aliphatic rings. The van der Waals surface area contributed by atoms with Crippen molar-refractivity contribution in [1.82, 2.24) is 9.99 Å². The van der Waals surface area contributed by atoms with Crippen molar-refractivity contribution < 1.29 is 4.79 Å². The van der Waals surface area contributed by atoms with E-state index in [-0.39, 0.29) is 5.91 Å². The molecule has 0 saturated carbocycles. The maximum Gasteiger partial charge on any atom is 0.239 e. The molecule has 4 nitrogen and oxygen atoms in total. The zero-order valence-corrected chi connectivity index (χ0v) is 17.7. The Bertz CT molecular complexity index is 1190. The lowest BCUT2D eigenvalue weighted by molar-refractivity contribution is -0.120. The Hall–Kier alpha value is -3.92. The molecule has 1 N–H and O–H groups in total. The molecule has 31 heavy (non-hydrogen) atoms. The Labute approximate surface area is 182 Å². The number of aromatic nitrogens is 1. The molecule has 0 radical (unpaired) electrons. The molecule has 3 aromatic carbocycles. The van der Waals surface area contributed by atoms with Gasteiger partial charge in [0, 0.05) is 17.7 Å². The predicted molar refractivity (Wildman–Crippen MR) is 127 cm³/mol. The number of amides is 1. The molecule has 0 spiro atoms. The first-order chi connectivity index (χ1) is 15.2. The Balaban J connectivity index is 1.97. The number of rotatable bonds is 6. The molecule has 4 rings (SSSR count). The van der Waals surface area contributed by atoms with E-state index < -0.39 is 0 Å². The predicted octanol–water partition coefficient (Wildman–Crippen LogP) is 5.98. The zero-order valence-electron chi connectivity index (χ0n) is 17.7. The average molecular weight is 408 g/mol. The monoisotopic (exact) mass is 407 g/mol. The van der Waals surface area contributed by atoms with Crippen LogP contribution in [-0.4, -0.2) is 16.7 Å². The van der Waals surface area contributed by atoms with Crippen molar-refractivity contribution in [3.63, 3.8) is 0 Å². The summed E-state index contributed by atoms with van der Waals surface area (Å²) in [4.78, 5) is 11.7. The molecule has 1 amide bonds. The van der Waals surface area contributed by atoms with Gasteiger partial charge in [0.1, 0.15) is 0 Å². The van der Waals surface area contributed by atoms with Gasteiger partial charge in [-0.1, -0.05) is 85.3 Å². The summed E-state index contributed by atoms with van der Waals surface area (Å²) in [5.41, 5.74) is 10.1. The third-order valence-electron chi connectivity index (χ3n) is 5.15. The average Bonchev–Trinajstić information content (AvgIpc) is 3.20. The first kappa shape index (κ1) is 20.4. The summed E-state index contributed by atoms with van der Waals surface area (Å²) in [6.45, 7) is 3.89. The molecule has 0 saturated heterocycles. The second kappa shape index (κ2) is 9.26. The van der Waals surface area contributed by atoms with Crippen LogP contribution in [0.4, 0.5) is 0 Å². The van der Waals surface area contributed by atoms with Gasteiger partial charge in [-0.2, -0.15) is 5.10 Å². The Morgan fingerprint density at radius 3 is 2.13 bits per heavy atom. The summed E-state index contributed by atoms with van der Waals surface area (Å²) in [7, 11) is 0. The number of aryl methyl sites for hydroxylation is 1. The topological polar surface area (TPSA) is 46.4 Å². The van der Waals surface area contributed by atoms with Crippen molar-refractivity contribution in [1.29, 1.82) is 0 Å². The minimum atomic E-state index is -0.112. The van der Waals surface area contributed by atoms with Crippen molar-refractivity contribution >= 4 is 12.1 Å². The minimum absolute atomic E-state index is 0.112. The van der Waals surface area contributed by atoms with Gasteiger partial charge in [-0.25, -0.2) is 5.43 Å². The van der Waals surface area contributed by atoms with Crippen LogP contribution in [0, 0.1) is 6.92 Å². The van der Waals surface area contributed by atoms with Gasteiger partial charge >= 0.3 is 0 Å². The molecule has 0 aliphatic carbocycles. The maximum atomic E-state index is 11.7. The van der Waals surface area contributed by atoms with E-state index in [2.05, 4.69) is 76.6 Å². The van der Waals surface area contributed by atoms with E-state index in [0.717, 1.165) is 33.8 Å². The van der Waals surface area contributed by atoms with Crippen LogP contribution in [0.25, 0.3) is 28.2 Å². The fraction of sp³-hybridized carbons (Fsp3) is 0.111. The van der Waals surface area contributed by atoms with Crippen LogP contribution in [0.1, 0.15) is 24.5 Å². The van der Waals surface area contributed by atoms with Crippen molar-refractivity contribution in [2.45, 2.75) is 20.3 Å². The summed E-state index contributed by atoms with van der Waals surface area (Å²) in [6.07, 6.45) is 2.12. The van der Waals surface area contributed by atoms with E-state index in [1.807, 2.05) is 43.3 Å². The van der Waals surface area contributed by atoms with E-state index >= 15 is 0 Å².